The Labute approximate surface area is 219 Å². The number of para-hydroxylation sites is 1. The molecule has 10 nitrogen and oxygen atoms in total. The second-order valence-electron chi connectivity index (χ2n) is 10.7. The monoisotopic (exact) mass is 518 g/mol. The van der Waals surface area contributed by atoms with Gasteiger partial charge in [-0.3, -0.25) is 14.4 Å². The van der Waals surface area contributed by atoms with E-state index in [9.17, 15) is 19.2 Å². The van der Waals surface area contributed by atoms with Crippen LogP contribution >= 0.6 is 0 Å². The van der Waals surface area contributed by atoms with Gasteiger partial charge in [0.25, 0.3) is 0 Å². The first-order valence-electron chi connectivity index (χ1n) is 12.8. The molecule has 0 radical (unpaired) electrons. The van der Waals surface area contributed by atoms with Crippen LogP contribution in [0.15, 0.2) is 24.3 Å². The van der Waals surface area contributed by atoms with Crippen LogP contribution in [0.3, 0.4) is 0 Å². The van der Waals surface area contributed by atoms with Gasteiger partial charge in [-0.2, -0.15) is 0 Å². The maximum atomic E-state index is 13.1. The van der Waals surface area contributed by atoms with Gasteiger partial charge in [0.2, 0.25) is 17.7 Å². The molecule has 1 aliphatic heterocycles. The number of hydrogen-bond acceptors (Lipinski definition) is 6. The van der Waals surface area contributed by atoms with Crippen LogP contribution in [0.2, 0.25) is 0 Å². The Hall–Kier alpha value is -3.30. The van der Waals surface area contributed by atoms with Crippen LogP contribution in [0, 0.1) is 11.8 Å². The van der Waals surface area contributed by atoms with Crippen molar-refractivity contribution in [1.82, 2.24) is 20.9 Å². The fraction of sp³-hybridized carbons (Fsp3) is 0.630. The number of methoxy groups -OCH3 is 1. The third-order valence-electron chi connectivity index (χ3n) is 6.18. The Morgan fingerprint density at radius 3 is 2.22 bits per heavy atom. The first kappa shape index (κ1) is 29.9. The Kier molecular flexibility index (Phi) is 10.8. The minimum absolute atomic E-state index is 0.128. The van der Waals surface area contributed by atoms with Gasteiger partial charge in [0.15, 0.2) is 0 Å². The van der Waals surface area contributed by atoms with Crippen molar-refractivity contribution in [1.29, 1.82) is 0 Å². The molecule has 1 fully saturated rings. The molecule has 1 aromatic carbocycles. The molecule has 1 aromatic rings. The molecule has 1 saturated heterocycles. The lowest BCUT2D eigenvalue weighted by molar-refractivity contribution is -0.138. The summed E-state index contributed by atoms with van der Waals surface area (Å²) in [6, 6.07) is 5.98. The average Bonchev–Trinajstić information content (AvgIpc) is 2.84. The van der Waals surface area contributed by atoms with Crippen LogP contribution in [-0.4, -0.2) is 66.6 Å². The lowest BCUT2D eigenvalue weighted by Gasteiger charge is -2.35. The SMILES string of the molecule is COc1ccccc1CNC(=O)C(C)NC(=O)C1CCN(C(=O)C(NC(=O)OC(C)(C)C)C(C)C)CC1. The van der Waals surface area contributed by atoms with Gasteiger partial charge < -0.3 is 30.3 Å². The van der Waals surface area contributed by atoms with E-state index < -0.39 is 23.8 Å². The number of alkyl carbamates (subject to hydrolysis) is 1. The second-order valence-corrected chi connectivity index (χ2v) is 10.7. The number of hydrogen-bond donors (Lipinski definition) is 3. The lowest BCUT2D eigenvalue weighted by Crippen LogP contribution is -2.54. The molecule has 0 aliphatic carbocycles. The quantitative estimate of drug-likeness (QED) is 0.461. The largest absolute Gasteiger partial charge is 0.496 e. The minimum atomic E-state index is -0.716. The minimum Gasteiger partial charge on any atom is -0.496 e. The number of rotatable bonds is 9. The summed E-state index contributed by atoms with van der Waals surface area (Å²) in [4.78, 5) is 52.3. The molecule has 4 amide bonds. The van der Waals surface area contributed by atoms with Crippen molar-refractivity contribution in [2.45, 2.75) is 78.6 Å². The highest BCUT2D eigenvalue weighted by molar-refractivity contribution is 5.89. The Morgan fingerprint density at radius 1 is 1.03 bits per heavy atom. The van der Waals surface area contributed by atoms with Crippen molar-refractivity contribution in [2.75, 3.05) is 20.2 Å². The number of carbonyl (C=O) groups excluding carboxylic acids is 4. The van der Waals surface area contributed by atoms with Gasteiger partial charge in [-0.1, -0.05) is 32.0 Å². The van der Waals surface area contributed by atoms with E-state index in [1.165, 1.54) is 0 Å². The average molecular weight is 519 g/mol. The van der Waals surface area contributed by atoms with Crippen molar-refractivity contribution in [2.24, 2.45) is 11.8 Å². The zero-order valence-electron chi connectivity index (χ0n) is 23.1. The second kappa shape index (κ2) is 13.3. The Balaban J connectivity index is 1.84. The van der Waals surface area contributed by atoms with E-state index in [0.717, 1.165) is 5.56 Å². The highest BCUT2D eigenvalue weighted by Crippen LogP contribution is 2.20. The van der Waals surface area contributed by atoms with Crippen molar-refractivity contribution in [3.8, 4) is 5.75 Å². The number of nitrogens with zero attached hydrogens (tertiary/aromatic N) is 1. The standard InChI is InChI=1S/C27H42N4O6/c1-17(2)22(30-26(35)37-27(4,5)6)25(34)31-14-12-19(13-15-31)24(33)29-18(3)23(32)28-16-20-10-8-9-11-21(20)36-7/h8-11,17-19,22H,12-16H2,1-7H3,(H,28,32)(H,29,33)(H,30,35). The molecule has 0 aromatic heterocycles. The van der Waals surface area contributed by atoms with E-state index in [1.54, 1.807) is 39.7 Å². The van der Waals surface area contributed by atoms with Crippen LogP contribution in [0.1, 0.15) is 59.9 Å². The van der Waals surface area contributed by atoms with Gasteiger partial charge in [-0.25, -0.2) is 4.79 Å². The van der Waals surface area contributed by atoms with E-state index in [4.69, 9.17) is 9.47 Å². The van der Waals surface area contributed by atoms with Crippen LogP contribution in [0.25, 0.3) is 0 Å². The Bertz CT molecular complexity index is 950. The highest BCUT2D eigenvalue weighted by Gasteiger charge is 2.34. The van der Waals surface area contributed by atoms with Crippen molar-refractivity contribution in [3.63, 3.8) is 0 Å². The number of piperidine rings is 1. The zero-order chi connectivity index (χ0) is 27.8. The molecule has 0 spiro atoms. The number of nitrogens with one attached hydrogen (secondary N) is 3. The summed E-state index contributed by atoms with van der Waals surface area (Å²) >= 11 is 0. The van der Waals surface area contributed by atoms with Crippen molar-refractivity contribution < 1.29 is 28.7 Å². The molecule has 1 aliphatic rings. The maximum Gasteiger partial charge on any atom is 0.408 e. The van der Waals surface area contributed by atoms with Gasteiger partial charge in [-0.15, -0.1) is 0 Å². The van der Waals surface area contributed by atoms with E-state index in [0.29, 0.717) is 31.7 Å². The summed E-state index contributed by atoms with van der Waals surface area (Å²) in [6.45, 7) is 11.7. The molecule has 2 atom stereocenters. The first-order chi connectivity index (χ1) is 17.3. The Morgan fingerprint density at radius 2 is 1.65 bits per heavy atom. The predicted molar refractivity (Wildman–Crippen MR) is 140 cm³/mol. The first-order valence-corrected chi connectivity index (χ1v) is 12.8. The summed E-state index contributed by atoms with van der Waals surface area (Å²) in [6.07, 6.45) is 0.321. The fourth-order valence-electron chi connectivity index (χ4n) is 4.09. The number of amides is 4. The van der Waals surface area contributed by atoms with Gasteiger partial charge >= 0.3 is 6.09 Å². The smallest absolute Gasteiger partial charge is 0.408 e. The molecule has 206 valence electrons. The normalized spacial score (nSPS) is 15.9. The van der Waals surface area contributed by atoms with Crippen molar-refractivity contribution in [3.05, 3.63) is 29.8 Å². The van der Waals surface area contributed by atoms with E-state index in [-0.39, 0.29) is 36.1 Å². The van der Waals surface area contributed by atoms with Gasteiger partial charge in [0.1, 0.15) is 23.4 Å². The third kappa shape index (κ3) is 9.26. The maximum absolute atomic E-state index is 13.1. The molecule has 0 bridgehead atoms. The van der Waals surface area contributed by atoms with Gasteiger partial charge in [-0.05, 0) is 52.5 Å². The summed E-state index contributed by atoms with van der Waals surface area (Å²) in [5.74, 6) is -0.439. The van der Waals surface area contributed by atoms with E-state index in [1.807, 2.05) is 38.1 Å². The van der Waals surface area contributed by atoms with Crippen LogP contribution in [0.5, 0.6) is 5.75 Å². The van der Waals surface area contributed by atoms with E-state index in [2.05, 4.69) is 16.0 Å². The zero-order valence-corrected chi connectivity index (χ0v) is 23.1. The van der Waals surface area contributed by atoms with E-state index >= 15 is 0 Å². The van der Waals surface area contributed by atoms with Crippen molar-refractivity contribution >= 4 is 23.8 Å². The molecule has 2 rings (SSSR count). The molecule has 10 heteroatoms. The molecule has 2 unspecified atom stereocenters. The molecule has 37 heavy (non-hydrogen) atoms. The summed E-state index contributed by atoms with van der Waals surface area (Å²) in [5, 5.41) is 8.30. The predicted octanol–water partition coefficient (Wildman–Crippen LogP) is 2.60. The third-order valence-corrected chi connectivity index (χ3v) is 6.18. The summed E-state index contributed by atoms with van der Waals surface area (Å²) in [7, 11) is 1.57. The molecule has 1 heterocycles. The number of likely N-dealkylation sites (tertiary alicyclic amines) is 1. The molecular weight excluding hydrogens is 476 g/mol. The molecule has 0 saturated carbocycles. The van der Waals surface area contributed by atoms with Gasteiger partial charge in [0, 0.05) is 31.1 Å². The van der Waals surface area contributed by atoms with Crippen LogP contribution in [0.4, 0.5) is 4.79 Å². The summed E-state index contributed by atoms with van der Waals surface area (Å²) in [5.41, 5.74) is 0.179. The lowest BCUT2D eigenvalue weighted by atomic mass is 9.94. The van der Waals surface area contributed by atoms with Gasteiger partial charge in [0.05, 0.1) is 7.11 Å². The topological polar surface area (TPSA) is 126 Å². The highest BCUT2D eigenvalue weighted by atomic mass is 16.6. The number of benzene rings is 1. The van der Waals surface area contributed by atoms with Crippen LogP contribution in [-0.2, 0) is 25.7 Å². The molecule has 3 N–H and O–H groups in total. The van der Waals surface area contributed by atoms with Crippen LogP contribution < -0.4 is 20.7 Å². The molecular formula is C27H42N4O6. The fourth-order valence-corrected chi connectivity index (χ4v) is 4.09. The number of ether oxygens (including phenoxy) is 2. The summed E-state index contributed by atoms with van der Waals surface area (Å²) < 4.78 is 10.6. The number of carbonyl (C=O) groups is 4.